The summed E-state index contributed by atoms with van der Waals surface area (Å²) in [4.78, 5) is 12.8. The van der Waals surface area contributed by atoms with E-state index in [1.807, 2.05) is 6.07 Å². The fourth-order valence-electron chi connectivity index (χ4n) is 1.72. The zero-order valence-electron chi connectivity index (χ0n) is 11.1. The Morgan fingerprint density at radius 1 is 1.33 bits per heavy atom. The van der Waals surface area contributed by atoms with Crippen LogP contribution in [0.1, 0.15) is 5.56 Å². The zero-order valence-corrected chi connectivity index (χ0v) is 11.1. The maximum Gasteiger partial charge on any atom is 0.321 e. The van der Waals surface area contributed by atoms with Gasteiger partial charge in [-0.1, -0.05) is 6.07 Å². The molecule has 1 aromatic rings. The lowest BCUT2D eigenvalue weighted by atomic mass is 10.0. The van der Waals surface area contributed by atoms with Gasteiger partial charge in [0.2, 0.25) is 0 Å². The quantitative estimate of drug-likeness (QED) is 0.827. The number of nitrogens with zero attached hydrogens (tertiary/aromatic N) is 1. The minimum absolute atomic E-state index is 0.384. The van der Waals surface area contributed by atoms with Crippen LogP contribution in [0, 0.1) is 0 Å². The highest BCUT2D eigenvalue weighted by molar-refractivity contribution is 5.74. The van der Waals surface area contributed by atoms with Gasteiger partial charge < -0.3 is 14.6 Å². The van der Waals surface area contributed by atoms with Gasteiger partial charge >= 0.3 is 5.97 Å². The van der Waals surface area contributed by atoms with Crippen molar-refractivity contribution < 1.29 is 19.4 Å². The Morgan fingerprint density at radius 3 is 2.44 bits per heavy atom. The molecule has 18 heavy (non-hydrogen) atoms. The molecule has 0 unspecified atom stereocenters. The number of carbonyl (C=O) groups is 1. The summed E-state index contributed by atoms with van der Waals surface area (Å²) >= 11 is 0. The Bertz CT molecular complexity index is 417. The van der Waals surface area contributed by atoms with E-state index in [1.54, 1.807) is 45.3 Å². The third kappa shape index (κ3) is 3.37. The number of likely N-dealkylation sites (N-methyl/N-ethyl adjacent to an activating group) is 1. The monoisotopic (exact) mass is 253 g/mol. The van der Waals surface area contributed by atoms with E-state index in [0.29, 0.717) is 17.9 Å². The number of carboxylic acid groups (broad SMARTS) is 1. The van der Waals surface area contributed by atoms with Crippen molar-refractivity contribution in [3.63, 3.8) is 0 Å². The van der Waals surface area contributed by atoms with Gasteiger partial charge in [-0.3, -0.25) is 9.69 Å². The molecule has 5 heteroatoms. The summed E-state index contributed by atoms with van der Waals surface area (Å²) in [7, 11) is 6.63. The molecular weight excluding hydrogens is 234 g/mol. The van der Waals surface area contributed by atoms with E-state index in [9.17, 15) is 4.79 Å². The molecule has 0 fully saturated rings. The van der Waals surface area contributed by atoms with Crippen LogP contribution in [0.3, 0.4) is 0 Å². The topological polar surface area (TPSA) is 59.0 Å². The normalized spacial score (nSPS) is 12.3. The minimum Gasteiger partial charge on any atom is -0.497 e. The second kappa shape index (κ2) is 6.26. The van der Waals surface area contributed by atoms with Crippen LogP contribution in [0.5, 0.6) is 11.5 Å². The first-order chi connectivity index (χ1) is 8.49. The number of methoxy groups -OCH3 is 2. The van der Waals surface area contributed by atoms with E-state index in [4.69, 9.17) is 14.6 Å². The lowest BCUT2D eigenvalue weighted by Gasteiger charge is -2.21. The number of ether oxygens (including phenoxy) is 2. The summed E-state index contributed by atoms with van der Waals surface area (Å²) < 4.78 is 10.4. The maximum atomic E-state index is 11.2. The molecule has 1 atom stereocenters. The van der Waals surface area contributed by atoms with Gasteiger partial charge in [-0.2, -0.15) is 0 Å². The highest BCUT2D eigenvalue weighted by Crippen LogP contribution is 2.26. The van der Waals surface area contributed by atoms with E-state index in [-0.39, 0.29) is 0 Å². The number of hydrogen-bond donors (Lipinski definition) is 1. The van der Waals surface area contributed by atoms with E-state index < -0.39 is 12.0 Å². The largest absolute Gasteiger partial charge is 0.497 e. The van der Waals surface area contributed by atoms with Crippen LogP contribution >= 0.6 is 0 Å². The molecule has 1 rings (SSSR count). The number of hydrogen-bond acceptors (Lipinski definition) is 4. The van der Waals surface area contributed by atoms with E-state index >= 15 is 0 Å². The van der Waals surface area contributed by atoms with Crippen LogP contribution in [-0.2, 0) is 11.2 Å². The fourth-order valence-corrected chi connectivity index (χ4v) is 1.72. The van der Waals surface area contributed by atoms with Crippen molar-refractivity contribution in [1.82, 2.24) is 4.90 Å². The third-order valence-electron chi connectivity index (χ3n) is 2.82. The molecule has 0 radical (unpaired) electrons. The lowest BCUT2D eigenvalue weighted by molar-refractivity contribution is -0.142. The Balaban J connectivity index is 2.98. The summed E-state index contributed by atoms with van der Waals surface area (Å²) in [6, 6.07) is 4.81. The SMILES string of the molecule is COc1ccc(C[C@@H](C(=O)O)N(C)C)c(OC)c1. The van der Waals surface area contributed by atoms with E-state index in [0.717, 1.165) is 5.56 Å². The molecule has 100 valence electrons. The van der Waals surface area contributed by atoms with Crippen LogP contribution in [-0.4, -0.2) is 50.3 Å². The molecule has 0 aliphatic heterocycles. The Hall–Kier alpha value is -1.75. The average Bonchev–Trinajstić information content (AvgIpc) is 2.34. The summed E-state index contributed by atoms with van der Waals surface area (Å²) in [6.07, 6.45) is 0.384. The van der Waals surface area contributed by atoms with Gasteiger partial charge in [0.05, 0.1) is 14.2 Å². The number of benzene rings is 1. The molecule has 0 aliphatic rings. The molecule has 5 nitrogen and oxygen atoms in total. The first-order valence-corrected chi connectivity index (χ1v) is 5.59. The molecule has 1 aromatic carbocycles. The number of carboxylic acids is 1. The van der Waals surface area contributed by atoms with Crippen molar-refractivity contribution in [2.45, 2.75) is 12.5 Å². The van der Waals surface area contributed by atoms with Gasteiger partial charge in [-0.25, -0.2) is 0 Å². The van der Waals surface area contributed by atoms with E-state index in [1.165, 1.54) is 0 Å². The van der Waals surface area contributed by atoms with Crippen LogP contribution < -0.4 is 9.47 Å². The highest BCUT2D eigenvalue weighted by Gasteiger charge is 2.22. The molecule has 1 N–H and O–H groups in total. The van der Waals surface area contributed by atoms with Gasteiger partial charge in [0, 0.05) is 12.5 Å². The van der Waals surface area contributed by atoms with Gasteiger partial charge in [-0.05, 0) is 25.7 Å². The third-order valence-corrected chi connectivity index (χ3v) is 2.82. The summed E-state index contributed by atoms with van der Waals surface area (Å²) in [5.74, 6) is 0.479. The Kier molecular flexibility index (Phi) is 4.97. The van der Waals surface area contributed by atoms with Crippen molar-refractivity contribution in [3.05, 3.63) is 23.8 Å². The molecule has 0 spiro atoms. The Morgan fingerprint density at radius 2 is 2.00 bits per heavy atom. The maximum absolute atomic E-state index is 11.2. The van der Waals surface area contributed by atoms with Crippen LogP contribution in [0.4, 0.5) is 0 Å². The summed E-state index contributed by atoms with van der Waals surface area (Å²) in [5, 5.41) is 9.16. The van der Waals surface area contributed by atoms with Crippen molar-refractivity contribution in [1.29, 1.82) is 0 Å². The standard InChI is InChI=1S/C13H19NO4/c1-14(2)11(13(15)16)7-9-5-6-10(17-3)8-12(9)18-4/h5-6,8,11H,7H2,1-4H3,(H,15,16)/t11-/m0/s1. The molecule has 0 aliphatic carbocycles. The molecule has 0 amide bonds. The first kappa shape index (κ1) is 14.3. The van der Waals surface area contributed by atoms with Gasteiger partial charge in [0.1, 0.15) is 17.5 Å². The predicted molar refractivity (Wildman–Crippen MR) is 68.4 cm³/mol. The van der Waals surface area contributed by atoms with Crippen LogP contribution in [0.15, 0.2) is 18.2 Å². The van der Waals surface area contributed by atoms with Crippen molar-refractivity contribution in [3.8, 4) is 11.5 Å². The minimum atomic E-state index is -0.849. The molecule has 0 aromatic heterocycles. The highest BCUT2D eigenvalue weighted by atomic mass is 16.5. The van der Waals surface area contributed by atoms with Crippen molar-refractivity contribution in [2.24, 2.45) is 0 Å². The fraction of sp³-hybridized carbons (Fsp3) is 0.462. The molecule has 0 bridgehead atoms. The van der Waals surface area contributed by atoms with E-state index in [2.05, 4.69) is 0 Å². The summed E-state index contributed by atoms with van der Waals surface area (Å²) in [6.45, 7) is 0. The second-order valence-electron chi connectivity index (χ2n) is 4.20. The van der Waals surface area contributed by atoms with Crippen LogP contribution in [0.25, 0.3) is 0 Å². The number of aliphatic carboxylic acids is 1. The zero-order chi connectivity index (χ0) is 13.7. The van der Waals surface area contributed by atoms with Gasteiger partial charge in [0.25, 0.3) is 0 Å². The number of rotatable bonds is 6. The van der Waals surface area contributed by atoms with Crippen molar-refractivity contribution in [2.75, 3.05) is 28.3 Å². The first-order valence-electron chi connectivity index (χ1n) is 5.59. The summed E-state index contributed by atoms with van der Waals surface area (Å²) in [5.41, 5.74) is 0.847. The lowest BCUT2D eigenvalue weighted by Crippen LogP contribution is -2.37. The average molecular weight is 253 g/mol. The van der Waals surface area contributed by atoms with Crippen molar-refractivity contribution >= 4 is 5.97 Å². The molecule has 0 saturated carbocycles. The molecule has 0 heterocycles. The smallest absolute Gasteiger partial charge is 0.321 e. The Labute approximate surface area is 107 Å². The molecule has 0 saturated heterocycles. The van der Waals surface area contributed by atoms with Gasteiger partial charge in [0.15, 0.2) is 0 Å². The molecular formula is C13H19NO4. The second-order valence-corrected chi connectivity index (χ2v) is 4.20. The predicted octanol–water partition coefficient (Wildman–Crippen LogP) is 1.26. The van der Waals surface area contributed by atoms with Gasteiger partial charge in [-0.15, -0.1) is 0 Å². The van der Waals surface area contributed by atoms with Crippen LogP contribution in [0.2, 0.25) is 0 Å².